The van der Waals surface area contributed by atoms with Crippen LogP contribution in [0.15, 0.2) is 12.2 Å². The van der Waals surface area contributed by atoms with Crippen molar-refractivity contribution in [1.82, 2.24) is 5.32 Å². The molecule has 11 nitrogen and oxygen atoms in total. The maximum atomic E-state index is 13.1. The number of rotatable bonds is 62. The number of amides is 1. The summed E-state index contributed by atoms with van der Waals surface area (Å²) in [6.07, 6.45) is 61.9. The largest absolute Gasteiger partial charge is 0.466 e. The Morgan fingerprint density at radius 3 is 1.16 bits per heavy atom. The molecule has 1 amide bonds. The molecule has 0 spiro atoms. The van der Waals surface area contributed by atoms with E-state index >= 15 is 0 Å². The van der Waals surface area contributed by atoms with Gasteiger partial charge >= 0.3 is 5.97 Å². The molecule has 0 aromatic carbocycles. The van der Waals surface area contributed by atoms with Crippen LogP contribution in [0.1, 0.15) is 354 Å². The molecule has 0 saturated carbocycles. The van der Waals surface area contributed by atoms with Gasteiger partial charge in [-0.05, 0) is 32.1 Å². The Kier molecular flexibility index (Phi) is 56.5. The zero-order chi connectivity index (χ0) is 58.0. The van der Waals surface area contributed by atoms with Gasteiger partial charge in [-0.1, -0.05) is 321 Å². The van der Waals surface area contributed by atoms with Crippen molar-refractivity contribution in [2.75, 3.05) is 19.8 Å². The highest BCUT2D eigenvalue weighted by Gasteiger charge is 2.44. The Labute approximate surface area is 493 Å². The molecule has 0 aliphatic carbocycles. The number of unbranched alkanes of at least 4 members (excludes halogenated alkanes) is 48. The summed E-state index contributed by atoms with van der Waals surface area (Å²) in [5.41, 5.74) is 0. The zero-order valence-electron chi connectivity index (χ0n) is 52.6. The maximum Gasteiger partial charge on any atom is 0.305 e. The Morgan fingerprint density at radius 2 is 0.787 bits per heavy atom. The summed E-state index contributed by atoms with van der Waals surface area (Å²) in [6, 6.07) is -0.806. The van der Waals surface area contributed by atoms with Gasteiger partial charge < -0.3 is 45.1 Å². The third kappa shape index (κ3) is 47.7. The molecule has 7 atom stereocenters. The Balaban J connectivity index is 1.97. The van der Waals surface area contributed by atoms with Gasteiger partial charge in [0.25, 0.3) is 0 Å². The number of aliphatic hydroxyl groups excluding tert-OH is 5. The summed E-state index contributed by atoms with van der Waals surface area (Å²) >= 11 is 0. The van der Waals surface area contributed by atoms with Gasteiger partial charge in [-0.2, -0.15) is 0 Å². The van der Waals surface area contributed by atoms with E-state index in [4.69, 9.17) is 14.2 Å². The Morgan fingerprint density at radius 1 is 0.450 bits per heavy atom. The van der Waals surface area contributed by atoms with Crippen molar-refractivity contribution in [3.63, 3.8) is 0 Å². The topological polar surface area (TPSA) is 175 Å². The van der Waals surface area contributed by atoms with Gasteiger partial charge in [0.2, 0.25) is 5.91 Å². The van der Waals surface area contributed by atoms with Crippen molar-refractivity contribution in [1.29, 1.82) is 0 Å². The second kappa shape index (κ2) is 59.1. The molecule has 1 aliphatic rings. The van der Waals surface area contributed by atoms with Crippen molar-refractivity contribution in [3.05, 3.63) is 12.2 Å². The SMILES string of the molecule is CCCCCCCCCCCCC/C=C/C(O)C(COC1OC(CO)C(O)C(O)C1O)NC(=O)CCCCCCCCCCCCCCCCCCCCCCCCCCCCCCOC(=O)CCCCCCCCCCCCC. The molecular formula is C69H133NO10. The summed E-state index contributed by atoms with van der Waals surface area (Å²) in [6.45, 7) is 4.38. The summed E-state index contributed by atoms with van der Waals surface area (Å²) in [5, 5.41) is 54.5. The highest BCUT2D eigenvalue weighted by Crippen LogP contribution is 2.23. The van der Waals surface area contributed by atoms with Gasteiger partial charge in [0.05, 0.1) is 32.0 Å². The van der Waals surface area contributed by atoms with Crippen LogP contribution in [0.25, 0.3) is 0 Å². The fourth-order valence-electron chi connectivity index (χ4n) is 11.4. The first-order valence-electron chi connectivity index (χ1n) is 35.0. The number of nitrogens with one attached hydrogen (secondary N) is 1. The summed E-state index contributed by atoms with van der Waals surface area (Å²) in [7, 11) is 0. The number of carbonyl (C=O) groups excluding carboxylic acids is 2. The minimum absolute atomic E-state index is 0.0101. The number of carbonyl (C=O) groups is 2. The zero-order valence-corrected chi connectivity index (χ0v) is 52.6. The van der Waals surface area contributed by atoms with Crippen LogP contribution in [0, 0.1) is 0 Å². The van der Waals surface area contributed by atoms with E-state index in [0.717, 1.165) is 51.4 Å². The van der Waals surface area contributed by atoms with Crippen LogP contribution in [0.2, 0.25) is 0 Å². The average Bonchev–Trinajstić information content (AvgIpc) is 3.46. The van der Waals surface area contributed by atoms with Gasteiger partial charge in [0.15, 0.2) is 6.29 Å². The molecule has 80 heavy (non-hydrogen) atoms. The van der Waals surface area contributed by atoms with Gasteiger partial charge in [-0.3, -0.25) is 9.59 Å². The van der Waals surface area contributed by atoms with E-state index in [1.807, 2.05) is 6.08 Å². The second-order valence-corrected chi connectivity index (χ2v) is 24.6. The average molecular weight is 1140 g/mol. The normalized spacial score (nSPS) is 18.3. The van der Waals surface area contributed by atoms with E-state index < -0.39 is 49.5 Å². The predicted molar refractivity (Wildman–Crippen MR) is 334 cm³/mol. The van der Waals surface area contributed by atoms with E-state index in [1.54, 1.807) is 6.08 Å². The van der Waals surface area contributed by atoms with Gasteiger partial charge in [0, 0.05) is 12.8 Å². The van der Waals surface area contributed by atoms with Crippen molar-refractivity contribution in [2.24, 2.45) is 0 Å². The molecular weight excluding hydrogens is 1000 g/mol. The molecule has 6 N–H and O–H groups in total. The Hall–Kier alpha value is -1.60. The highest BCUT2D eigenvalue weighted by molar-refractivity contribution is 5.76. The van der Waals surface area contributed by atoms with E-state index in [-0.39, 0.29) is 18.5 Å². The third-order valence-corrected chi connectivity index (χ3v) is 16.9. The predicted octanol–water partition coefficient (Wildman–Crippen LogP) is 17.5. The molecule has 1 saturated heterocycles. The van der Waals surface area contributed by atoms with E-state index in [2.05, 4.69) is 19.2 Å². The molecule has 0 aromatic heterocycles. The lowest BCUT2D eigenvalue weighted by atomic mass is 9.99. The summed E-state index contributed by atoms with van der Waals surface area (Å²) < 4.78 is 16.7. The first-order chi connectivity index (χ1) is 39.2. The van der Waals surface area contributed by atoms with Crippen LogP contribution in [0.5, 0.6) is 0 Å². The number of hydrogen-bond donors (Lipinski definition) is 6. The van der Waals surface area contributed by atoms with Crippen molar-refractivity contribution < 1.29 is 49.3 Å². The maximum absolute atomic E-state index is 13.1. The molecule has 1 fully saturated rings. The molecule has 1 aliphatic heterocycles. The van der Waals surface area contributed by atoms with E-state index in [0.29, 0.717) is 19.4 Å². The first-order valence-corrected chi connectivity index (χ1v) is 35.0. The number of allylic oxidation sites excluding steroid dienone is 1. The molecule has 0 aromatic rings. The Bertz CT molecular complexity index is 1330. The van der Waals surface area contributed by atoms with Crippen molar-refractivity contribution >= 4 is 11.9 Å². The van der Waals surface area contributed by atoms with E-state index in [9.17, 15) is 35.1 Å². The first kappa shape index (κ1) is 76.4. The summed E-state index contributed by atoms with van der Waals surface area (Å²) in [4.78, 5) is 25.1. The fourth-order valence-corrected chi connectivity index (χ4v) is 11.4. The molecule has 1 rings (SSSR count). The number of ether oxygens (including phenoxy) is 3. The standard InChI is InChI=1S/C69H133NO10/c1-3-5-7-9-11-13-15-32-36-39-43-47-51-55-62(72)61(60-79-69-68(77)67(76)66(75)63(59-71)80-69)70-64(73)56-52-48-44-40-37-33-30-28-26-24-22-20-18-16-17-19-21-23-25-27-29-31-34-38-42-46-50-54-58-78-65(74)57-53-49-45-41-35-14-12-10-8-6-4-2/h51,55,61-63,66-69,71-72,75-77H,3-50,52-54,56-60H2,1-2H3,(H,70,73)/b55-51+. The van der Waals surface area contributed by atoms with E-state index in [1.165, 1.54) is 276 Å². The second-order valence-electron chi connectivity index (χ2n) is 24.6. The minimum Gasteiger partial charge on any atom is -0.466 e. The van der Waals surface area contributed by atoms with Crippen LogP contribution in [0.4, 0.5) is 0 Å². The van der Waals surface area contributed by atoms with Gasteiger partial charge in [-0.25, -0.2) is 0 Å². The van der Waals surface area contributed by atoms with Gasteiger partial charge in [0.1, 0.15) is 24.4 Å². The highest BCUT2D eigenvalue weighted by atomic mass is 16.7. The minimum atomic E-state index is -1.57. The molecule has 11 heteroatoms. The molecule has 7 unspecified atom stereocenters. The van der Waals surface area contributed by atoms with Crippen molar-refractivity contribution in [2.45, 2.75) is 397 Å². The lowest BCUT2D eigenvalue weighted by Crippen LogP contribution is -2.60. The fraction of sp³-hybridized carbons (Fsp3) is 0.942. The molecule has 0 radical (unpaired) electrons. The molecule has 474 valence electrons. The number of hydrogen-bond acceptors (Lipinski definition) is 10. The van der Waals surface area contributed by atoms with Crippen LogP contribution in [0.3, 0.4) is 0 Å². The smallest absolute Gasteiger partial charge is 0.305 e. The van der Waals surface area contributed by atoms with Crippen LogP contribution < -0.4 is 5.32 Å². The third-order valence-electron chi connectivity index (χ3n) is 16.9. The molecule has 0 bridgehead atoms. The molecule has 1 heterocycles. The van der Waals surface area contributed by atoms with Gasteiger partial charge in [-0.15, -0.1) is 0 Å². The van der Waals surface area contributed by atoms with Crippen LogP contribution in [-0.2, 0) is 23.8 Å². The number of esters is 1. The lowest BCUT2D eigenvalue weighted by Gasteiger charge is -2.40. The number of aliphatic hydroxyl groups is 5. The lowest BCUT2D eigenvalue weighted by molar-refractivity contribution is -0.302. The van der Waals surface area contributed by atoms with Crippen molar-refractivity contribution in [3.8, 4) is 0 Å². The summed E-state index contributed by atoms with van der Waals surface area (Å²) in [5.74, 6) is -0.166. The monoisotopic (exact) mass is 1140 g/mol. The van der Waals surface area contributed by atoms with Crippen LogP contribution in [-0.4, -0.2) is 100 Å². The van der Waals surface area contributed by atoms with Crippen LogP contribution >= 0.6 is 0 Å². The quantitative estimate of drug-likeness (QED) is 0.0195.